The molecule has 2 rings (SSSR count). The van der Waals surface area contributed by atoms with Crippen molar-refractivity contribution in [1.29, 1.82) is 0 Å². The van der Waals surface area contributed by atoms with Gasteiger partial charge in [0.25, 0.3) is 0 Å². The van der Waals surface area contributed by atoms with Crippen LogP contribution in [0.2, 0.25) is 0 Å². The summed E-state index contributed by atoms with van der Waals surface area (Å²) < 4.78 is 0. The van der Waals surface area contributed by atoms with E-state index in [2.05, 4.69) is 38.2 Å². The Balaban J connectivity index is 0.00000264. The van der Waals surface area contributed by atoms with Crippen LogP contribution in [0.1, 0.15) is 36.6 Å². The molecule has 2 aromatic rings. The SMILES string of the molecule is Cc1ccccc1C(C)(C)CNC(=O)C(N)c1ccccc1.Cl. The van der Waals surface area contributed by atoms with E-state index in [1.165, 1.54) is 11.1 Å². The van der Waals surface area contributed by atoms with Gasteiger partial charge in [0, 0.05) is 12.0 Å². The molecule has 1 unspecified atom stereocenters. The third-order valence-electron chi connectivity index (χ3n) is 4.02. The summed E-state index contributed by atoms with van der Waals surface area (Å²) in [5.74, 6) is -0.146. The summed E-state index contributed by atoms with van der Waals surface area (Å²) in [7, 11) is 0. The van der Waals surface area contributed by atoms with E-state index < -0.39 is 6.04 Å². The molecule has 0 spiro atoms. The number of halogens is 1. The highest BCUT2D eigenvalue weighted by atomic mass is 35.5. The first kappa shape index (κ1) is 19.2. The Morgan fingerprint density at radius 3 is 2.26 bits per heavy atom. The second-order valence-corrected chi connectivity index (χ2v) is 6.30. The van der Waals surface area contributed by atoms with E-state index in [1.54, 1.807) is 0 Å². The number of nitrogens with one attached hydrogen (secondary N) is 1. The minimum atomic E-state index is -0.631. The first-order chi connectivity index (χ1) is 10.4. The van der Waals surface area contributed by atoms with E-state index >= 15 is 0 Å². The van der Waals surface area contributed by atoms with Gasteiger partial charge in [-0.2, -0.15) is 0 Å². The summed E-state index contributed by atoms with van der Waals surface area (Å²) in [5, 5.41) is 2.98. The van der Waals surface area contributed by atoms with Crippen LogP contribution in [0.25, 0.3) is 0 Å². The molecule has 0 aliphatic heterocycles. The van der Waals surface area contributed by atoms with E-state index in [1.807, 2.05) is 42.5 Å². The molecule has 0 aromatic heterocycles. The van der Waals surface area contributed by atoms with Crippen molar-refractivity contribution in [3.05, 3.63) is 71.3 Å². The van der Waals surface area contributed by atoms with Gasteiger partial charge in [-0.05, 0) is 23.6 Å². The van der Waals surface area contributed by atoms with Crippen molar-refractivity contribution < 1.29 is 4.79 Å². The molecule has 0 saturated carbocycles. The molecular formula is C19H25ClN2O. The maximum Gasteiger partial charge on any atom is 0.241 e. The van der Waals surface area contributed by atoms with Gasteiger partial charge in [-0.1, -0.05) is 68.4 Å². The van der Waals surface area contributed by atoms with Gasteiger partial charge in [0.15, 0.2) is 0 Å². The van der Waals surface area contributed by atoms with Crippen LogP contribution in [0.5, 0.6) is 0 Å². The van der Waals surface area contributed by atoms with Gasteiger partial charge in [0.2, 0.25) is 5.91 Å². The Bertz CT molecular complexity index is 641. The van der Waals surface area contributed by atoms with E-state index in [-0.39, 0.29) is 23.7 Å². The zero-order valence-electron chi connectivity index (χ0n) is 13.9. The number of carbonyl (C=O) groups excluding carboxylic acids is 1. The molecule has 0 saturated heterocycles. The Kier molecular flexibility index (Phi) is 6.79. The number of hydrogen-bond donors (Lipinski definition) is 2. The monoisotopic (exact) mass is 332 g/mol. The Morgan fingerprint density at radius 1 is 1.09 bits per heavy atom. The van der Waals surface area contributed by atoms with E-state index in [0.29, 0.717) is 6.54 Å². The highest BCUT2D eigenvalue weighted by Crippen LogP contribution is 2.25. The van der Waals surface area contributed by atoms with Crippen molar-refractivity contribution in [2.45, 2.75) is 32.2 Å². The standard InChI is InChI=1S/C19H24N2O.ClH/c1-14-9-7-8-12-16(14)19(2,3)13-21-18(22)17(20)15-10-5-4-6-11-15;/h4-12,17H,13,20H2,1-3H3,(H,21,22);1H. The number of rotatable bonds is 5. The number of benzene rings is 2. The minimum absolute atomic E-state index is 0. The lowest BCUT2D eigenvalue weighted by atomic mass is 9.82. The Hall–Kier alpha value is -1.84. The van der Waals surface area contributed by atoms with Crippen LogP contribution in [-0.4, -0.2) is 12.5 Å². The quantitative estimate of drug-likeness (QED) is 0.880. The Morgan fingerprint density at radius 2 is 1.65 bits per heavy atom. The van der Waals surface area contributed by atoms with Crippen molar-refractivity contribution in [3.63, 3.8) is 0 Å². The lowest BCUT2D eigenvalue weighted by molar-refractivity contribution is -0.122. The number of nitrogens with two attached hydrogens (primary N) is 1. The van der Waals surface area contributed by atoms with Crippen LogP contribution in [0.3, 0.4) is 0 Å². The zero-order valence-corrected chi connectivity index (χ0v) is 14.7. The summed E-state index contributed by atoms with van der Waals surface area (Å²) in [6.07, 6.45) is 0. The smallest absolute Gasteiger partial charge is 0.241 e. The fourth-order valence-corrected chi connectivity index (χ4v) is 2.66. The van der Waals surface area contributed by atoms with Crippen molar-refractivity contribution >= 4 is 18.3 Å². The van der Waals surface area contributed by atoms with Crippen LogP contribution >= 0.6 is 12.4 Å². The molecule has 0 bridgehead atoms. The molecule has 0 aliphatic rings. The second-order valence-electron chi connectivity index (χ2n) is 6.30. The molecule has 0 aliphatic carbocycles. The molecule has 0 radical (unpaired) electrons. The fraction of sp³-hybridized carbons (Fsp3) is 0.316. The van der Waals surface area contributed by atoms with E-state index in [4.69, 9.17) is 5.73 Å². The third kappa shape index (κ3) is 4.81. The van der Waals surface area contributed by atoms with Crippen molar-refractivity contribution in [3.8, 4) is 0 Å². The normalized spacial score (nSPS) is 12.2. The summed E-state index contributed by atoms with van der Waals surface area (Å²) in [6.45, 7) is 6.90. The minimum Gasteiger partial charge on any atom is -0.354 e. The molecule has 23 heavy (non-hydrogen) atoms. The van der Waals surface area contributed by atoms with Crippen LogP contribution in [0.15, 0.2) is 54.6 Å². The average Bonchev–Trinajstić information content (AvgIpc) is 2.53. The molecular weight excluding hydrogens is 308 g/mol. The van der Waals surface area contributed by atoms with E-state index in [0.717, 1.165) is 5.56 Å². The van der Waals surface area contributed by atoms with Crippen LogP contribution in [0.4, 0.5) is 0 Å². The Labute approximate surface area is 144 Å². The number of aryl methyl sites for hydroxylation is 1. The first-order valence-corrected chi connectivity index (χ1v) is 7.56. The molecule has 1 atom stereocenters. The summed E-state index contributed by atoms with van der Waals surface area (Å²) in [6, 6.07) is 17.1. The maximum absolute atomic E-state index is 12.3. The van der Waals surface area contributed by atoms with Crippen LogP contribution in [-0.2, 0) is 10.2 Å². The van der Waals surface area contributed by atoms with Gasteiger partial charge in [0.1, 0.15) is 6.04 Å². The van der Waals surface area contributed by atoms with Gasteiger partial charge in [-0.25, -0.2) is 0 Å². The summed E-state index contributed by atoms with van der Waals surface area (Å²) in [5.41, 5.74) is 9.18. The van der Waals surface area contributed by atoms with Gasteiger partial charge in [0.05, 0.1) is 0 Å². The summed E-state index contributed by atoms with van der Waals surface area (Å²) in [4.78, 5) is 12.3. The molecule has 3 N–H and O–H groups in total. The first-order valence-electron chi connectivity index (χ1n) is 7.56. The molecule has 2 aromatic carbocycles. The second kappa shape index (κ2) is 8.14. The van der Waals surface area contributed by atoms with Crippen molar-refractivity contribution in [2.24, 2.45) is 5.73 Å². The summed E-state index contributed by atoms with van der Waals surface area (Å²) >= 11 is 0. The topological polar surface area (TPSA) is 55.1 Å². The lowest BCUT2D eigenvalue weighted by Gasteiger charge is -2.28. The number of carbonyl (C=O) groups is 1. The largest absolute Gasteiger partial charge is 0.354 e. The molecule has 0 fully saturated rings. The van der Waals surface area contributed by atoms with Gasteiger partial charge in [-0.15, -0.1) is 12.4 Å². The predicted molar refractivity (Wildman–Crippen MR) is 97.8 cm³/mol. The molecule has 124 valence electrons. The van der Waals surface area contributed by atoms with Gasteiger partial charge in [-0.3, -0.25) is 4.79 Å². The van der Waals surface area contributed by atoms with E-state index in [9.17, 15) is 4.79 Å². The molecule has 3 nitrogen and oxygen atoms in total. The van der Waals surface area contributed by atoms with Gasteiger partial charge >= 0.3 is 0 Å². The molecule has 1 amide bonds. The number of amides is 1. The zero-order chi connectivity index (χ0) is 16.2. The van der Waals surface area contributed by atoms with Gasteiger partial charge < -0.3 is 11.1 Å². The predicted octanol–water partition coefficient (Wildman–Crippen LogP) is 3.51. The van der Waals surface area contributed by atoms with Crippen LogP contribution < -0.4 is 11.1 Å². The highest BCUT2D eigenvalue weighted by Gasteiger charge is 2.24. The maximum atomic E-state index is 12.3. The average molecular weight is 333 g/mol. The van der Waals surface area contributed by atoms with Crippen molar-refractivity contribution in [2.75, 3.05) is 6.54 Å². The van der Waals surface area contributed by atoms with Crippen LogP contribution in [0, 0.1) is 6.92 Å². The lowest BCUT2D eigenvalue weighted by Crippen LogP contribution is -2.41. The highest BCUT2D eigenvalue weighted by molar-refractivity contribution is 5.85. The third-order valence-corrected chi connectivity index (χ3v) is 4.02. The number of hydrogen-bond acceptors (Lipinski definition) is 2. The molecule has 0 heterocycles. The fourth-order valence-electron chi connectivity index (χ4n) is 2.66. The van der Waals surface area contributed by atoms with Crippen molar-refractivity contribution in [1.82, 2.24) is 5.32 Å². The molecule has 4 heteroatoms.